The first-order chi connectivity index (χ1) is 11.1. The van der Waals surface area contributed by atoms with Gasteiger partial charge in [0.2, 0.25) is 5.95 Å². The Morgan fingerprint density at radius 3 is 3.09 bits per heavy atom. The number of hydrogen-bond donors (Lipinski definition) is 5. The maximum Gasteiger partial charge on any atom is 0.280 e. The molecule has 1 aliphatic rings. The molecular formula is C12H13N5O5. The number of nitrogen functional groups attached to an aromatic ring is 1. The Morgan fingerprint density at radius 1 is 1.73 bits per heavy atom. The van der Waals surface area contributed by atoms with E-state index in [0.29, 0.717) is 0 Å². The normalized spacial score (nSPS) is 33.5. The van der Waals surface area contributed by atoms with Gasteiger partial charge >= 0.3 is 0 Å². The summed E-state index contributed by atoms with van der Waals surface area (Å²) < 4.78 is 20.9. The molecule has 4 atom stereocenters. The Hall–Kier alpha value is -2.45. The first kappa shape index (κ1) is 12.1. The van der Waals surface area contributed by atoms with Crippen LogP contribution in [0.5, 0.6) is 0 Å². The van der Waals surface area contributed by atoms with Crippen molar-refractivity contribution in [2.75, 3.05) is 12.3 Å². The number of H-pyrrole nitrogens is 1. The number of aliphatic hydroxyl groups excluding tert-OH is 1. The van der Waals surface area contributed by atoms with Gasteiger partial charge < -0.3 is 25.8 Å². The molecule has 10 heteroatoms. The van der Waals surface area contributed by atoms with Gasteiger partial charge in [0.1, 0.15) is 12.2 Å². The van der Waals surface area contributed by atoms with E-state index >= 15 is 0 Å². The number of nitrogens with two attached hydrogens (primary N) is 1. The van der Waals surface area contributed by atoms with Crippen LogP contribution in [-0.4, -0.2) is 59.2 Å². The van der Waals surface area contributed by atoms with Crippen LogP contribution in [0, 0.1) is 12.3 Å². The Kier molecular flexibility index (Phi) is 2.64. The van der Waals surface area contributed by atoms with Crippen LogP contribution < -0.4 is 11.3 Å². The number of nitrogens with one attached hydrogen (secondary N) is 1. The highest BCUT2D eigenvalue weighted by Crippen LogP contribution is 2.38. The molecule has 0 radical (unpaired) electrons. The minimum absolute atomic E-state index is 0.0960. The van der Waals surface area contributed by atoms with Crippen LogP contribution >= 0.6 is 0 Å². The quantitative estimate of drug-likeness (QED) is 0.375. The van der Waals surface area contributed by atoms with Gasteiger partial charge in [-0.2, -0.15) is 4.98 Å². The molecule has 2 aromatic rings. The van der Waals surface area contributed by atoms with E-state index in [1.807, 2.05) is 5.92 Å². The van der Waals surface area contributed by atoms with E-state index in [9.17, 15) is 20.1 Å². The molecule has 0 aliphatic carbocycles. The lowest BCUT2D eigenvalue weighted by Crippen LogP contribution is -2.45. The molecule has 116 valence electrons. The molecule has 0 bridgehead atoms. The molecule has 3 rings (SSSR count). The van der Waals surface area contributed by atoms with Gasteiger partial charge in [0.05, 0.1) is 15.6 Å². The number of anilines is 1. The zero-order chi connectivity index (χ0) is 17.9. The lowest BCUT2D eigenvalue weighted by molar-refractivity contribution is -0.0721. The summed E-state index contributed by atoms with van der Waals surface area (Å²) in [4.78, 5) is 21.7. The zero-order valence-corrected chi connectivity index (χ0v) is 11.0. The molecule has 1 unspecified atom stereocenters. The second kappa shape index (κ2) is 4.79. The van der Waals surface area contributed by atoms with Gasteiger partial charge in [-0.1, -0.05) is 5.92 Å². The van der Waals surface area contributed by atoms with Crippen molar-refractivity contribution < 1.29 is 22.8 Å². The first-order valence-electron chi connectivity index (χ1n) is 7.08. The highest BCUT2D eigenvalue weighted by molar-refractivity contribution is 5.70. The van der Waals surface area contributed by atoms with Crippen molar-refractivity contribution in [3.8, 4) is 12.3 Å². The van der Waals surface area contributed by atoms with Crippen LogP contribution in [0.4, 0.5) is 5.95 Å². The van der Waals surface area contributed by atoms with Crippen molar-refractivity contribution in [3.63, 3.8) is 0 Å². The fraction of sp³-hybridized carbons (Fsp3) is 0.417. The van der Waals surface area contributed by atoms with Crippen molar-refractivity contribution in [1.82, 2.24) is 19.5 Å². The summed E-state index contributed by atoms with van der Waals surface area (Å²) >= 11 is 0. The number of ether oxygens (including phenoxy) is 1. The number of hydrogen-bond acceptors (Lipinski definition) is 8. The lowest BCUT2D eigenvalue weighted by atomic mass is 9.95. The van der Waals surface area contributed by atoms with E-state index in [0.717, 1.165) is 10.9 Å². The number of aromatic amines is 1. The van der Waals surface area contributed by atoms with Crippen LogP contribution in [-0.2, 0) is 4.74 Å². The van der Waals surface area contributed by atoms with Gasteiger partial charge in [0.25, 0.3) is 5.56 Å². The molecule has 0 spiro atoms. The molecule has 6 N–H and O–H groups in total. The SMILES string of the molecule is [2H]C([2H])(O)[C@H]1O[C@@H](n2cnc3c(=O)[nH]c(N)nc32)C(O)(C#C)[C@H]1O. The monoisotopic (exact) mass is 309 g/mol. The molecule has 1 aliphatic heterocycles. The van der Waals surface area contributed by atoms with E-state index in [4.69, 9.17) is 19.6 Å². The second-order valence-corrected chi connectivity index (χ2v) is 4.73. The maximum atomic E-state index is 11.8. The second-order valence-electron chi connectivity index (χ2n) is 4.73. The Bertz CT molecular complexity index is 900. The van der Waals surface area contributed by atoms with Gasteiger partial charge in [-0.05, 0) is 0 Å². The highest BCUT2D eigenvalue weighted by Gasteiger charge is 2.55. The zero-order valence-electron chi connectivity index (χ0n) is 13.0. The van der Waals surface area contributed by atoms with Gasteiger partial charge in [-0.15, -0.1) is 6.42 Å². The third-order valence-corrected chi connectivity index (χ3v) is 3.45. The van der Waals surface area contributed by atoms with E-state index in [-0.39, 0.29) is 17.1 Å². The molecular weight excluding hydrogens is 294 g/mol. The lowest BCUT2D eigenvalue weighted by Gasteiger charge is -2.26. The molecule has 3 heterocycles. The summed E-state index contributed by atoms with van der Waals surface area (Å²) in [7, 11) is 0. The topological polar surface area (TPSA) is 160 Å². The predicted molar refractivity (Wildman–Crippen MR) is 73.3 cm³/mol. The fourth-order valence-electron chi connectivity index (χ4n) is 2.34. The molecule has 2 aromatic heterocycles. The maximum absolute atomic E-state index is 11.8. The van der Waals surface area contributed by atoms with Crippen LogP contribution in [0.3, 0.4) is 0 Å². The predicted octanol–water partition coefficient (Wildman–Crippen LogP) is -2.68. The standard InChI is InChI=1S/C12H13N5O5/c1-2-12(21)7(19)5(3-18)22-10(12)17-4-14-6-8(17)15-11(13)16-9(6)20/h1,4-5,7,10,18-19,21H,3H2,(H3,13,15,16,20)/t5-,7+,10-,12?/m1/s1/i3D2. The van der Waals surface area contributed by atoms with Gasteiger partial charge in [0, 0.05) is 0 Å². The molecule has 0 aromatic carbocycles. The van der Waals surface area contributed by atoms with Crippen LogP contribution in [0.25, 0.3) is 11.2 Å². The molecule has 1 saturated heterocycles. The first-order valence-corrected chi connectivity index (χ1v) is 6.08. The summed E-state index contributed by atoms with van der Waals surface area (Å²) in [5.74, 6) is 1.70. The number of nitrogens with zero attached hydrogens (tertiary/aromatic N) is 3. The van der Waals surface area contributed by atoms with Crippen molar-refractivity contribution in [2.24, 2.45) is 0 Å². The van der Waals surface area contributed by atoms with Gasteiger partial charge in [-0.25, -0.2) is 4.98 Å². The number of imidazole rings is 1. The number of terminal acetylenes is 1. The van der Waals surface area contributed by atoms with Crippen molar-refractivity contribution >= 4 is 17.1 Å². The molecule has 1 fully saturated rings. The third-order valence-electron chi connectivity index (χ3n) is 3.45. The van der Waals surface area contributed by atoms with Crippen molar-refractivity contribution in [1.29, 1.82) is 0 Å². The average molecular weight is 309 g/mol. The third kappa shape index (κ3) is 1.81. The summed E-state index contributed by atoms with van der Waals surface area (Å²) in [5, 5.41) is 30.2. The highest BCUT2D eigenvalue weighted by atomic mass is 16.6. The molecule has 0 saturated carbocycles. The summed E-state index contributed by atoms with van der Waals surface area (Å²) in [6.45, 7) is -2.99. The summed E-state index contributed by atoms with van der Waals surface area (Å²) in [6, 6.07) is 0. The van der Waals surface area contributed by atoms with E-state index in [2.05, 4.69) is 15.0 Å². The van der Waals surface area contributed by atoms with Crippen LogP contribution in [0.2, 0.25) is 0 Å². The van der Waals surface area contributed by atoms with Crippen molar-refractivity contribution in [3.05, 3.63) is 16.7 Å². The number of fused-ring (bicyclic) bond motifs is 1. The van der Waals surface area contributed by atoms with E-state index < -0.39 is 36.2 Å². The number of rotatable bonds is 2. The van der Waals surface area contributed by atoms with E-state index in [1.165, 1.54) is 0 Å². The fourth-order valence-corrected chi connectivity index (χ4v) is 2.34. The minimum Gasteiger partial charge on any atom is -0.394 e. The van der Waals surface area contributed by atoms with Crippen LogP contribution in [0.15, 0.2) is 11.1 Å². The van der Waals surface area contributed by atoms with Gasteiger partial charge in [0.15, 0.2) is 23.0 Å². The van der Waals surface area contributed by atoms with Gasteiger partial charge in [-0.3, -0.25) is 14.3 Å². The Balaban J connectivity index is 2.19. The Morgan fingerprint density at radius 2 is 2.45 bits per heavy atom. The largest absolute Gasteiger partial charge is 0.394 e. The molecule has 0 amide bonds. The molecule has 22 heavy (non-hydrogen) atoms. The summed E-state index contributed by atoms with van der Waals surface area (Å²) in [5.41, 5.74) is 2.20. The number of aromatic nitrogens is 4. The van der Waals surface area contributed by atoms with Crippen molar-refractivity contribution in [2.45, 2.75) is 24.0 Å². The van der Waals surface area contributed by atoms with E-state index in [1.54, 1.807) is 0 Å². The minimum atomic E-state index is -2.99. The van der Waals surface area contributed by atoms with Crippen LogP contribution in [0.1, 0.15) is 8.97 Å². The Labute approximate surface area is 126 Å². The molecule has 10 nitrogen and oxygen atoms in total. The smallest absolute Gasteiger partial charge is 0.280 e. The number of aliphatic hydroxyl groups is 3. The summed E-state index contributed by atoms with van der Waals surface area (Å²) in [6.07, 6.45) is 0.977. The average Bonchev–Trinajstić information content (AvgIpc) is 2.99.